The van der Waals surface area contributed by atoms with Crippen molar-refractivity contribution in [3.8, 4) is 5.95 Å². The van der Waals surface area contributed by atoms with Gasteiger partial charge in [-0.25, -0.2) is 35.7 Å². The van der Waals surface area contributed by atoms with Crippen molar-refractivity contribution in [2.45, 2.75) is 85.5 Å². The van der Waals surface area contributed by atoms with Gasteiger partial charge in [-0.2, -0.15) is 101 Å². The van der Waals surface area contributed by atoms with Gasteiger partial charge in [0.25, 0.3) is 5.95 Å². The second kappa shape index (κ2) is 44.1. The average Bonchev–Trinajstić information content (AvgIpc) is 1.60. The zero-order valence-corrected chi connectivity index (χ0v) is 78.1. The summed E-state index contributed by atoms with van der Waals surface area (Å²) in [4.78, 5) is 20.9. The van der Waals surface area contributed by atoms with Crippen LogP contribution in [0.1, 0.15) is 109 Å². The van der Waals surface area contributed by atoms with Crippen LogP contribution in [0.25, 0.3) is 5.95 Å². The molecule has 0 atom stereocenters. The molecule has 0 radical (unpaired) electrons. The average molecular weight is 1940 g/mol. The first-order valence-corrected chi connectivity index (χ1v) is 45.0. The summed E-state index contributed by atoms with van der Waals surface area (Å²) in [5.74, 6) is -1.21. The van der Waals surface area contributed by atoms with Crippen molar-refractivity contribution in [3.63, 3.8) is 0 Å². The van der Waals surface area contributed by atoms with Crippen molar-refractivity contribution >= 4 is 92.7 Å². The molecule has 33 nitrogen and oxygen atoms in total. The minimum atomic E-state index is -3.73. The Labute approximate surface area is 758 Å². The van der Waals surface area contributed by atoms with E-state index in [0.29, 0.717) is 96.8 Å². The molecule has 1 aliphatic heterocycles. The van der Waals surface area contributed by atoms with Crippen LogP contribution < -0.4 is 16.8 Å². The SMILES string of the molecule is CN(C)S(=O)(=O)n1cccn1.CN(C)S(=O)(=O)n1ncc(Br)c1Cc1ccccc1F.CN(C)S(=O)(=O)n1nccc1Cc1ccccc1F.Cc1cn(-c2nc(N)c3c(n2)NC(=O)C3(C)C)nc1Cc1ccccc1F.Cc1cn(C(=N)N)nc1Cc1ccccc1F.Cc1cn[nH]c1Cc1ccccc1F.Cc1cnn(S(=O)(=O)N(C)C)c1Cc1ccccc1F.Cl. The van der Waals surface area contributed by atoms with Crippen LogP contribution in [-0.2, 0) is 89.6 Å². The van der Waals surface area contributed by atoms with Crippen molar-refractivity contribution < 1.29 is 64.8 Å². The molecule has 7 N–H and O–H groups in total. The van der Waals surface area contributed by atoms with E-state index in [9.17, 15) is 64.8 Å². The monoisotopic (exact) mass is 1940 g/mol. The maximum absolute atomic E-state index is 13.9. The number of aromatic amines is 1. The van der Waals surface area contributed by atoms with Crippen LogP contribution in [-0.4, -0.2) is 196 Å². The van der Waals surface area contributed by atoms with Crippen LogP contribution in [0.2, 0.25) is 0 Å². The Bertz CT molecular complexity index is 6600. The van der Waals surface area contributed by atoms with Gasteiger partial charge in [0.1, 0.15) is 46.5 Å². The lowest BCUT2D eigenvalue weighted by molar-refractivity contribution is -0.119. The van der Waals surface area contributed by atoms with Gasteiger partial charge in [0.05, 0.1) is 74.9 Å². The highest BCUT2D eigenvalue weighted by Crippen LogP contribution is 2.40. The van der Waals surface area contributed by atoms with Crippen molar-refractivity contribution in [1.82, 2.24) is 93.7 Å². The van der Waals surface area contributed by atoms with Gasteiger partial charge in [0, 0.05) is 119 Å². The molecule has 1 aliphatic rings. The largest absolute Gasteiger partial charge is 0.383 e. The molecular weight excluding hydrogens is 1850 g/mol. The van der Waals surface area contributed by atoms with Crippen molar-refractivity contribution in [1.29, 1.82) is 5.41 Å². The number of nitrogens with zero attached hydrogens (tertiary/aromatic N) is 19. The maximum atomic E-state index is 13.9. The number of amides is 1. The Morgan fingerprint density at radius 1 is 0.473 bits per heavy atom. The number of hydrogen-bond acceptors (Lipinski definition) is 20. The molecule has 0 saturated carbocycles. The quantitative estimate of drug-likeness (QED) is 0.0253. The fourth-order valence-electron chi connectivity index (χ4n) is 11.9. The molecule has 6 aromatic carbocycles. The Balaban J connectivity index is 0.000000188. The number of benzene rings is 6. The fourth-order valence-corrected chi connectivity index (χ4v) is 16.0. The molecule has 129 heavy (non-hydrogen) atoms. The smallest absolute Gasteiger partial charge is 0.322 e. The van der Waals surface area contributed by atoms with Crippen LogP contribution >= 0.6 is 28.3 Å². The number of halogens is 8. The van der Waals surface area contributed by atoms with Crippen LogP contribution in [0, 0.1) is 68.0 Å². The highest BCUT2D eigenvalue weighted by molar-refractivity contribution is 9.10. The molecule has 0 saturated heterocycles. The Hall–Kier alpha value is -12.4. The van der Waals surface area contributed by atoms with E-state index in [1.54, 1.807) is 155 Å². The fraction of sp³-hybridized carbons (Fsp3) is 0.250. The van der Waals surface area contributed by atoms with Crippen molar-refractivity contribution in [2.75, 3.05) is 67.4 Å². The summed E-state index contributed by atoms with van der Waals surface area (Å²) in [5.41, 5.74) is 21.6. The third-order valence-corrected chi connectivity index (χ3v) is 26.7. The molecule has 0 unspecified atom stereocenters. The van der Waals surface area contributed by atoms with Gasteiger partial charge in [0.15, 0.2) is 0 Å². The highest BCUT2D eigenvalue weighted by Gasteiger charge is 2.42. The molecule has 0 aliphatic carbocycles. The minimum absolute atomic E-state index is 0. The number of aryl methyl sites for hydroxylation is 4. The molecule has 1 amide bonds. The molecule has 15 rings (SSSR count). The van der Waals surface area contributed by atoms with E-state index in [2.05, 4.69) is 72.0 Å². The van der Waals surface area contributed by atoms with Gasteiger partial charge in [-0.15, -0.1) is 24.7 Å². The molecule has 45 heteroatoms. The first kappa shape index (κ1) is 102. The van der Waals surface area contributed by atoms with E-state index < -0.39 is 46.3 Å². The lowest BCUT2D eigenvalue weighted by Gasteiger charge is -2.16. The number of nitrogens with one attached hydrogen (secondary N) is 3. The lowest BCUT2D eigenvalue weighted by Crippen LogP contribution is -2.31. The summed E-state index contributed by atoms with van der Waals surface area (Å²) in [6, 6.07) is 41.9. The van der Waals surface area contributed by atoms with E-state index in [0.717, 1.165) is 61.6 Å². The number of nitrogen functional groups attached to an aromatic ring is 2. The van der Waals surface area contributed by atoms with Gasteiger partial charge >= 0.3 is 40.8 Å². The van der Waals surface area contributed by atoms with E-state index in [4.69, 9.17) is 16.9 Å². The summed E-state index contributed by atoms with van der Waals surface area (Å²) in [7, 11) is -3.07. The molecular formula is C84H96BrClF6N24O9S4. The first-order valence-electron chi connectivity index (χ1n) is 38.6. The summed E-state index contributed by atoms with van der Waals surface area (Å²) in [6.07, 6.45) is 14.0. The zero-order chi connectivity index (χ0) is 94.1. The van der Waals surface area contributed by atoms with Gasteiger partial charge in [-0.1, -0.05) is 109 Å². The molecule has 8 aromatic heterocycles. The Kier molecular flexibility index (Phi) is 34.8. The summed E-state index contributed by atoms with van der Waals surface area (Å²) >= 11 is 3.25. The molecule has 0 fully saturated rings. The number of anilines is 2. The molecule has 14 aromatic rings. The summed E-state index contributed by atoms with van der Waals surface area (Å²) in [5, 5.41) is 40.6. The standard InChI is InChI=1S/C19H19FN6O.C13H16FN3O2S.C12H13BrFN3O2S.C12H13FN4.C12H14FN3O2S.C11H11FN2.C5H9N3O2S.ClH/c1-10-9-26(25-13(10)8-11-6-4-5-7-12(11)20)18-22-15(21)14-16(24-18)23-17(27)19(14,2)3;1-10-9-15-17(20(18,19)16(2)3)13(10)8-11-6-4-5-7-12(11)14;1-16(2)20(18,19)17-12(10(13)8-15-17)7-9-5-3-4-6-11(9)14;1-8-7-17(12(14)15)16-11(8)6-9-4-2-3-5-10(9)13;1-15(2)19(17,18)16-11(7-8-14-16)9-10-5-3-4-6-12(10)13;1-8-7-13-14-11(8)6-9-4-2-3-5-10(9)12;1-7(2)11(9,10)8-5-3-4-6-8;/h4-7,9H,8H2,1-3H3,(H3,21,22,23,24,27);4-7,9H,8H2,1-3H3;3-6,8H,7H2,1-2H3;2-5,7H,6H2,1H3,(H3,14,15);3-8H,9H2,1-2H3;2-5,7H,6H2,1H3,(H,13,14);3-5H,1-2H3;1H. The number of carbonyl (C=O) groups excluding carboxylic acids is 1. The van der Waals surface area contributed by atoms with Crippen molar-refractivity contribution in [2.24, 2.45) is 5.73 Å². The normalized spacial score (nSPS) is 12.2. The number of rotatable bonds is 21. The lowest BCUT2D eigenvalue weighted by atomic mass is 9.87. The second-order valence-electron chi connectivity index (χ2n) is 29.7. The number of H-pyrrole nitrogens is 1. The van der Waals surface area contributed by atoms with Gasteiger partial charge in [-0.3, -0.25) is 15.3 Å². The topological polar surface area (TPSA) is 416 Å². The number of hydrogen-bond donors (Lipinski definition) is 5. The van der Waals surface area contributed by atoms with E-state index in [1.165, 1.54) is 133 Å². The Morgan fingerprint density at radius 2 is 0.884 bits per heavy atom. The van der Waals surface area contributed by atoms with Crippen LogP contribution in [0.4, 0.5) is 38.0 Å². The second-order valence-corrected chi connectivity index (χ2v) is 38.5. The molecule has 0 spiro atoms. The maximum Gasteiger partial charge on any atom is 0.322 e. The third-order valence-electron chi connectivity index (χ3n) is 19.4. The molecule has 9 heterocycles. The summed E-state index contributed by atoms with van der Waals surface area (Å²) in [6.45, 7) is 11.0. The van der Waals surface area contributed by atoms with E-state index >= 15 is 0 Å². The van der Waals surface area contributed by atoms with E-state index in [-0.39, 0.29) is 90.2 Å². The van der Waals surface area contributed by atoms with Crippen LogP contribution in [0.5, 0.6) is 0 Å². The minimum Gasteiger partial charge on any atom is -0.383 e. The predicted molar refractivity (Wildman–Crippen MR) is 483 cm³/mol. The number of fused-ring (bicyclic) bond motifs is 1. The predicted octanol–water partition coefficient (Wildman–Crippen LogP) is 11.5. The van der Waals surface area contributed by atoms with Crippen LogP contribution in [0.3, 0.4) is 0 Å². The number of nitrogens with two attached hydrogens (primary N) is 2. The third kappa shape index (κ3) is 25.3. The van der Waals surface area contributed by atoms with Gasteiger partial charge in [-0.05, 0) is 162 Å². The van der Waals surface area contributed by atoms with E-state index in [1.807, 2.05) is 26.8 Å². The summed E-state index contributed by atoms with van der Waals surface area (Å²) < 4.78 is 188. The Morgan fingerprint density at radius 3 is 1.31 bits per heavy atom. The van der Waals surface area contributed by atoms with Crippen LogP contribution in [0.15, 0.2) is 212 Å². The van der Waals surface area contributed by atoms with Crippen molar-refractivity contribution in [3.05, 3.63) is 342 Å². The first-order chi connectivity index (χ1) is 60.3. The highest BCUT2D eigenvalue weighted by atomic mass is 79.9. The van der Waals surface area contributed by atoms with Gasteiger partial charge < -0.3 is 16.8 Å². The number of carbonyl (C=O) groups is 1. The molecule has 0 bridgehead atoms. The van der Waals surface area contributed by atoms with Gasteiger partial charge in [0.2, 0.25) is 11.9 Å². The molecule has 686 valence electrons. The number of aromatic nitrogens is 16. The zero-order valence-electron chi connectivity index (χ0n) is 72.4.